The van der Waals surface area contributed by atoms with Gasteiger partial charge >= 0.3 is 12.1 Å². The van der Waals surface area contributed by atoms with Crippen LogP contribution in [0.5, 0.6) is 11.6 Å². The molecular formula is C43H56F3N3O9S. The molecule has 0 bridgehead atoms. The van der Waals surface area contributed by atoms with Crippen LogP contribution in [0.2, 0.25) is 0 Å². The number of aromatic nitrogens is 1. The Labute approximate surface area is 344 Å². The molecule has 16 heteroatoms. The summed E-state index contributed by atoms with van der Waals surface area (Å²) in [5, 5.41) is 1.43. The van der Waals surface area contributed by atoms with Gasteiger partial charge in [-0.1, -0.05) is 32.4 Å². The molecule has 1 saturated heterocycles. The van der Waals surface area contributed by atoms with Gasteiger partial charge in [-0.15, -0.1) is 0 Å². The van der Waals surface area contributed by atoms with E-state index in [1.807, 2.05) is 39.0 Å². The molecule has 2 aliphatic carbocycles. The number of ether oxygens (including phenoxy) is 3. The molecule has 2 aromatic rings. The number of nitrogens with one attached hydrogen (secondary N) is 1. The zero-order valence-electron chi connectivity index (χ0n) is 34.6. The molecule has 7 atom stereocenters. The fourth-order valence-electron chi connectivity index (χ4n) is 8.54. The van der Waals surface area contributed by atoms with E-state index in [1.54, 1.807) is 31.3 Å². The van der Waals surface area contributed by atoms with Gasteiger partial charge in [-0.2, -0.15) is 13.2 Å². The first-order valence-corrected chi connectivity index (χ1v) is 22.2. The fraction of sp³-hybridized carbons (Fsp3) is 0.651. The van der Waals surface area contributed by atoms with E-state index in [9.17, 15) is 40.8 Å². The lowest BCUT2D eigenvalue weighted by molar-refractivity contribution is -0.257. The molecule has 1 aromatic carbocycles. The predicted molar refractivity (Wildman–Crippen MR) is 213 cm³/mol. The maximum absolute atomic E-state index is 15.0. The summed E-state index contributed by atoms with van der Waals surface area (Å²) >= 11 is 0. The minimum absolute atomic E-state index is 0.0142. The number of fused-ring (bicyclic) bond motifs is 3. The maximum Gasteiger partial charge on any atom is 0.427 e. The van der Waals surface area contributed by atoms with Crippen molar-refractivity contribution in [3.63, 3.8) is 0 Å². The third-order valence-electron chi connectivity index (χ3n) is 12.9. The molecule has 2 amide bonds. The average molecular weight is 848 g/mol. The van der Waals surface area contributed by atoms with Crippen molar-refractivity contribution in [2.24, 2.45) is 29.1 Å². The Morgan fingerprint density at radius 3 is 2.47 bits per heavy atom. The van der Waals surface area contributed by atoms with Crippen LogP contribution >= 0.6 is 0 Å². The van der Waals surface area contributed by atoms with E-state index < -0.39 is 91.8 Å². The lowest BCUT2D eigenvalue weighted by Gasteiger charge is -2.34. The van der Waals surface area contributed by atoms with E-state index in [1.165, 1.54) is 4.90 Å². The standard InChI is InChI=1S/C43H56F3N3O9S/c1-7-27-19-26(3)11-9-10-12-29-23-42(29,39(53)48-59(54,55)41(6)16-17-41)24-35(50)34-21-31(57-37-32-14-13-30(56-8-2)20-28(32)15-18-47-37)25-49(34)38(52)33(27)22-36(51)58-40(4,5)43(44,45)46/h10,12-15,18,20,26-27,29,31,33-34H,7-9,11,16-17,19,21-25H2,1-6H3,(H,48,53)/b12-10-/t26-,27-,29-,31-,33+,34+,42-/m1/s1. The van der Waals surface area contributed by atoms with E-state index >= 15 is 0 Å². The van der Waals surface area contributed by atoms with Crippen LogP contribution in [0.4, 0.5) is 13.2 Å². The third kappa shape index (κ3) is 9.42. The maximum atomic E-state index is 15.0. The van der Waals surface area contributed by atoms with Crippen LogP contribution in [0.1, 0.15) is 106 Å². The highest BCUT2D eigenvalue weighted by Crippen LogP contribution is 2.58. The number of halogens is 3. The molecule has 59 heavy (non-hydrogen) atoms. The molecule has 1 aromatic heterocycles. The number of nitrogens with zero attached hydrogens (tertiary/aromatic N) is 2. The number of amides is 2. The number of esters is 1. The van der Waals surface area contributed by atoms with Gasteiger partial charge < -0.3 is 19.1 Å². The highest BCUT2D eigenvalue weighted by molar-refractivity contribution is 7.91. The van der Waals surface area contributed by atoms with Crippen LogP contribution < -0.4 is 14.2 Å². The van der Waals surface area contributed by atoms with Crippen LogP contribution in [0.15, 0.2) is 42.6 Å². The van der Waals surface area contributed by atoms with Gasteiger partial charge in [0.1, 0.15) is 11.9 Å². The predicted octanol–water partition coefficient (Wildman–Crippen LogP) is 7.24. The van der Waals surface area contributed by atoms with Crippen molar-refractivity contribution in [1.29, 1.82) is 0 Å². The van der Waals surface area contributed by atoms with Crippen LogP contribution in [0.25, 0.3) is 10.8 Å². The van der Waals surface area contributed by atoms with Gasteiger partial charge in [0.15, 0.2) is 5.78 Å². The summed E-state index contributed by atoms with van der Waals surface area (Å²) in [5.41, 5.74) is -4.19. The monoisotopic (exact) mass is 847 g/mol. The Balaban J connectivity index is 1.36. The van der Waals surface area contributed by atoms with Crippen molar-refractivity contribution < 1.29 is 55.0 Å². The van der Waals surface area contributed by atoms with Crippen molar-refractivity contribution in [3.8, 4) is 11.6 Å². The first-order valence-electron chi connectivity index (χ1n) is 20.7. The lowest BCUT2D eigenvalue weighted by atomic mass is 9.79. The molecular weight excluding hydrogens is 792 g/mol. The van der Waals surface area contributed by atoms with E-state index in [4.69, 9.17) is 14.2 Å². The van der Waals surface area contributed by atoms with Crippen molar-refractivity contribution in [3.05, 3.63) is 42.6 Å². The van der Waals surface area contributed by atoms with Crippen molar-refractivity contribution in [2.45, 2.75) is 134 Å². The summed E-state index contributed by atoms with van der Waals surface area (Å²) in [6.45, 7) is 9.13. The molecule has 2 saturated carbocycles. The second-order valence-corrected chi connectivity index (χ2v) is 19.9. The number of benzene rings is 1. The second kappa shape index (κ2) is 16.7. The number of hydrogen-bond acceptors (Lipinski definition) is 10. The van der Waals surface area contributed by atoms with Gasteiger partial charge in [-0.3, -0.25) is 23.9 Å². The van der Waals surface area contributed by atoms with Crippen molar-refractivity contribution in [2.75, 3.05) is 13.2 Å². The van der Waals surface area contributed by atoms with Gasteiger partial charge in [0.2, 0.25) is 33.3 Å². The van der Waals surface area contributed by atoms with E-state index in [2.05, 4.69) is 9.71 Å². The van der Waals surface area contributed by atoms with Gasteiger partial charge in [-0.05, 0) is 114 Å². The Hall–Kier alpha value is -4.21. The number of allylic oxidation sites excluding steroid dienone is 2. The summed E-state index contributed by atoms with van der Waals surface area (Å²) in [7, 11) is -4.03. The van der Waals surface area contributed by atoms with Crippen molar-refractivity contribution >= 4 is 44.4 Å². The van der Waals surface area contributed by atoms with Gasteiger partial charge in [0.05, 0.1) is 41.7 Å². The minimum atomic E-state index is -4.86. The number of rotatable bonds is 11. The number of pyridine rings is 1. The first kappa shape index (κ1) is 44.3. The van der Waals surface area contributed by atoms with Crippen molar-refractivity contribution in [1.82, 2.24) is 14.6 Å². The largest absolute Gasteiger partial charge is 0.494 e. The first-order chi connectivity index (χ1) is 27.6. The highest BCUT2D eigenvalue weighted by atomic mass is 32.2. The zero-order valence-corrected chi connectivity index (χ0v) is 35.4. The molecule has 0 radical (unpaired) electrons. The fourth-order valence-corrected chi connectivity index (χ4v) is 9.88. The van der Waals surface area contributed by atoms with Crippen LogP contribution in [-0.2, 0) is 33.9 Å². The Morgan fingerprint density at radius 1 is 1.08 bits per heavy atom. The molecule has 12 nitrogen and oxygen atoms in total. The normalized spacial score (nSPS) is 29.3. The molecule has 324 valence electrons. The van der Waals surface area contributed by atoms with E-state index in [0.29, 0.717) is 56.3 Å². The molecule has 6 rings (SSSR count). The molecule has 1 N–H and O–H groups in total. The SMILES string of the molecule is CCOc1ccc2c(O[C@@H]3C[C@H]4C(=O)C[C@]5(C(=O)NS(=O)(=O)C6(C)CC6)C[C@H]5/C=C\CC[C@@H](C)C[C@@H](CC)[C@H](CC(=O)OC(C)(C)C(F)(F)F)C(=O)N4C3)nccc2c1. The minimum Gasteiger partial charge on any atom is -0.494 e. The van der Waals surface area contributed by atoms with Gasteiger partial charge in [-0.25, -0.2) is 13.4 Å². The highest BCUT2D eigenvalue weighted by Gasteiger charge is 2.63. The summed E-state index contributed by atoms with van der Waals surface area (Å²) < 4.78 is 86.3. The Bertz CT molecular complexity index is 2090. The average Bonchev–Trinajstić information content (AvgIpc) is 4.04. The van der Waals surface area contributed by atoms with Crippen LogP contribution in [0.3, 0.4) is 0 Å². The Morgan fingerprint density at radius 2 is 1.81 bits per heavy atom. The number of carbonyl (C=O) groups excluding carboxylic acids is 4. The van der Waals surface area contributed by atoms with Crippen LogP contribution in [0, 0.1) is 29.1 Å². The number of hydrogen-bond donors (Lipinski definition) is 1. The summed E-state index contributed by atoms with van der Waals surface area (Å²) in [6, 6.07) is 6.04. The quantitative estimate of drug-likeness (QED) is 0.181. The summed E-state index contributed by atoms with van der Waals surface area (Å²) in [6.07, 6.45) is 1.88. The summed E-state index contributed by atoms with van der Waals surface area (Å²) in [4.78, 5) is 62.9. The molecule has 0 unspecified atom stereocenters. The lowest BCUT2D eigenvalue weighted by Crippen LogP contribution is -2.49. The molecule has 3 heterocycles. The third-order valence-corrected chi connectivity index (χ3v) is 15.0. The molecule has 0 spiro atoms. The number of carbonyl (C=O) groups is 4. The molecule has 2 aliphatic heterocycles. The Kier molecular flexibility index (Phi) is 12.5. The van der Waals surface area contributed by atoms with Crippen LogP contribution in [-0.4, -0.2) is 83.7 Å². The van der Waals surface area contributed by atoms with Gasteiger partial charge in [0, 0.05) is 24.4 Å². The number of Topliss-reactive ketones (excluding diaryl/α,β-unsaturated/α-hetero) is 1. The zero-order chi connectivity index (χ0) is 43.1. The second-order valence-electron chi connectivity index (χ2n) is 17.7. The molecule has 4 aliphatic rings. The van der Waals surface area contributed by atoms with Gasteiger partial charge in [0.25, 0.3) is 0 Å². The summed E-state index contributed by atoms with van der Waals surface area (Å²) in [5.74, 6) is -4.16. The smallest absolute Gasteiger partial charge is 0.427 e. The van der Waals surface area contributed by atoms with E-state index in [-0.39, 0.29) is 37.6 Å². The topological polar surface area (TPSA) is 158 Å². The molecule has 3 fully saturated rings. The number of ketones is 1. The van der Waals surface area contributed by atoms with E-state index in [0.717, 1.165) is 19.2 Å². The number of sulfonamides is 1. The number of alkyl halides is 3.